The largest absolute Gasteiger partial charge is 0.374 e. The van der Waals surface area contributed by atoms with Crippen LogP contribution in [0.15, 0.2) is 36.4 Å². The zero-order valence-electron chi connectivity index (χ0n) is 14.3. The van der Waals surface area contributed by atoms with Crippen molar-refractivity contribution in [1.29, 1.82) is 0 Å². The maximum atomic E-state index is 12.2. The fraction of sp³-hybridized carbons (Fsp3) is 0.389. The predicted molar refractivity (Wildman–Crippen MR) is 97.3 cm³/mol. The Morgan fingerprint density at radius 1 is 1.12 bits per heavy atom. The highest BCUT2D eigenvalue weighted by atomic mass is 16.2. The van der Waals surface area contributed by atoms with Gasteiger partial charge in [-0.1, -0.05) is 24.3 Å². The molecule has 4 N–H and O–H groups in total. The Kier molecular flexibility index (Phi) is 7.00. The molecule has 4 amide bonds. The molecule has 25 heavy (non-hydrogen) atoms. The minimum atomic E-state index is -0.527. The SMILES string of the molecule is CCNC(=O)NC(=O)CNc1ccccc1NC(=O)C[C@H]1C=CCC1. The van der Waals surface area contributed by atoms with Gasteiger partial charge in [0.25, 0.3) is 0 Å². The fourth-order valence-corrected chi connectivity index (χ4v) is 2.60. The highest BCUT2D eigenvalue weighted by Gasteiger charge is 2.15. The van der Waals surface area contributed by atoms with Gasteiger partial charge in [-0.3, -0.25) is 14.9 Å². The van der Waals surface area contributed by atoms with E-state index in [0.717, 1.165) is 12.8 Å². The number of urea groups is 1. The summed E-state index contributed by atoms with van der Waals surface area (Å²) in [6, 6.07) is 6.63. The van der Waals surface area contributed by atoms with Crippen LogP contribution in [0.4, 0.5) is 16.2 Å². The molecule has 1 aromatic rings. The number of allylic oxidation sites excluding steroid dienone is 2. The molecule has 0 heterocycles. The minimum Gasteiger partial charge on any atom is -0.374 e. The lowest BCUT2D eigenvalue weighted by atomic mass is 10.0. The number of anilines is 2. The normalized spacial score (nSPS) is 15.5. The fourth-order valence-electron chi connectivity index (χ4n) is 2.60. The third-order valence-corrected chi connectivity index (χ3v) is 3.79. The molecule has 1 aliphatic carbocycles. The van der Waals surface area contributed by atoms with Gasteiger partial charge in [0.1, 0.15) is 0 Å². The number of hydrogen-bond donors (Lipinski definition) is 4. The highest BCUT2D eigenvalue weighted by molar-refractivity contribution is 5.98. The van der Waals surface area contributed by atoms with Crippen molar-refractivity contribution < 1.29 is 14.4 Å². The number of carbonyl (C=O) groups excluding carboxylic acids is 3. The van der Waals surface area contributed by atoms with Crippen LogP contribution in [0.3, 0.4) is 0 Å². The second-order valence-corrected chi connectivity index (χ2v) is 5.82. The predicted octanol–water partition coefficient (Wildman–Crippen LogP) is 2.24. The van der Waals surface area contributed by atoms with Crippen LogP contribution in [0, 0.1) is 5.92 Å². The molecule has 0 radical (unpaired) electrons. The monoisotopic (exact) mass is 344 g/mol. The van der Waals surface area contributed by atoms with E-state index in [9.17, 15) is 14.4 Å². The molecular weight excluding hydrogens is 320 g/mol. The van der Waals surface area contributed by atoms with Gasteiger partial charge in [-0.15, -0.1) is 0 Å². The van der Waals surface area contributed by atoms with Crippen molar-refractivity contribution in [1.82, 2.24) is 10.6 Å². The van der Waals surface area contributed by atoms with Gasteiger partial charge in [0.05, 0.1) is 17.9 Å². The van der Waals surface area contributed by atoms with Crippen molar-refractivity contribution in [2.45, 2.75) is 26.2 Å². The van der Waals surface area contributed by atoms with Crippen molar-refractivity contribution in [3.63, 3.8) is 0 Å². The molecule has 1 atom stereocenters. The smallest absolute Gasteiger partial charge is 0.321 e. The third-order valence-electron chi connectivity index (χ3n) is 3.79. The number of benzene rings is 1. The zero-order valence-corrected chi connectivity index (χ0v) is 14.3. The topological polar surface area (TPSA) is 99.3 Å². The Morgan fingerprint density at radius 3 is 2.56 bits per heavy atom. The number of imide groups is 1. The summed E-state index contributed by atoms with van der Waals surface area (Å²) in [5.41, 5.74) is 1.24. The van der Waals surface area contributed by atoms with Gasteiger partial charge in [-0.25, -0.2) is 4.79 Å². The van der Waals surface area contributed by atoms with Crippen LogP contribution in [0.1, 0.15) is 26.2 Å². The summed E-state index contributed by atoms with van der Waals surface area (Å²) in [6.07, 6.45) is 6.66. The van der Waals surface area contributed by atoms with Crippen molar-refractivity contribution in [3.8, 4) is 0 Å². The van der Waals surface area contributed by atoms with Gasteiger partial charge >= 0.3 is 6.03 Å². The number of hydrogen-bond acceptors (Lipinski definition) is 4. The van der Waals surface area contributed by atoms with Crippen LogP contribution in [0.25, 0.3) is 0 Å². The average molecular weight is 344 g/mol. The Morgan fingerprint density at radius 2 is 1.88 bits per heavy atom. The van der Waals surface area contributed by atoms with E-state index in [2.05, 4.69) is 33.4 Å². The summed E-state index contributed by atoms with van der Waals surface area (Å²) in [7, 11) is 0. The van der Waals surface area contributed by atoms with E-state index in [4.69, 9.17) is 0 Å². The molecule has 0 unspecified atom stereocenters. The molecule has 0 saturated heterocycles. The minimum absolute atomic E-state index is 0.0578. The first-order valence-corrected chi connectivity index (χ1v) is 8.45. The number of nitrogens with one attached hydrogen (secondary N) is 4. The van der Waals surface area contributed by atoms with Crippen LogP contribution >= 0.6 is 0 Å². The molecule has 1 aromatic carbocycles. The van der Waals surface area contributed by atoms with E-state index in [-0.39, 0.29) is 12.5 Å². The van der Waals surface area contributed by atoms with Crippen LogP contribution in [-0.4, -0.2) is 30.9 Å². The Balaban J connectivity index is 1.86. The Hall–Kier alpha value is -2.83. The number of rotatable bonds is 7. The van der Waals surface area contributed by atoms with Gasteiger partial charge < -0.3 is 16.0 Å². The second-order valence-electron chi connectivity index (χ2n) is 5.82. The van der Waals surface area contributed by atoms with Crippen LogP contribution in [-0.2, 0) is 9.59 Å². The van der Waals surface area contributed by atoms with Crippen molar-refractivity contribution in [3.05, 3.63) is 36.4 Å². The van der Waals surface area contributed by atoms with Gasteiger partial charge in [0, 0.05) is 13.0 Å². The molecule has 0 aromatic heterocycles. The first-order valence-electron chi connectivity index (χ1n) is 8.45. The molecule has 7 nitrogen and oxygen atoms in total. The number of para-hydroxylation sites is 2. The van der Waals surface area contributed by atoms with Crippen molar-refractivity contribution in [2.75, 3.05) is 23.7 Å². The van der Waals surface area contributed by atoms with Crippen molar-refractivity contribution >= 4 is 29.2 Å². The summed E-state index contributed by atoms with van der Waals surface area (Å²) in [5, 5.41) is 10.5. The highest BCUT2D eigenvalue weighted by Crippen LogP contribution is 2.24. The Bertz CT molecular complexity index is 657. The van der Waals surface area contributed by atoms with E-state index < -0.39 is 11.9 Å². The number of amides is 4. The molecular formula is C18H24N4O3. The molecule has 0 fully saturated rings. The molecule has 0 bridgehead atoms. The summed E-state index contributed by atoms with van der Waals surface area (Å²) < 4.78 is 0. The van der Waals surface area contributed by atoms with E-state index in [1.165, 1.54) is 0 Å². The third kappa shape index (κ3) is 6.29. The summed E-state index contributed by atoms with van der Waals surface area (Å²) in [4.78, 5) is 35.2. The van der Waals surface area contributed by atoms with E-state index >= 15 is 0 Å². The van der Waals surface area contributed by atoms with E-state index in [1.54, 1.807) is 25.1 Å². The molecule has 0 saturated carbocycles. The van der Waals surface area contributed by atoms with Gasteiger partial charge in [-0.2, -0.15) is 0 Å². The average Bonchev–Trinajstić information content (AvgIpc) is 3.07. The van der Waals surface area contributed by atoms with Crippen LogP contribution in [0.5, 0.6) is 0 Å². The second kappa shape index (κ2) is 9.46. The van der Waals surface area contributed by atoms with Gasteiger partial charge in [0.2, 0.25) is 11.8 Å². The molecule has 0 spiro atoms. The number of carbonyl (C=O) groups is 3. The van der Waals surface area contributed by atoms with E-state index in [1.807, 2.05) is 6.07 Å². The van der Waals surface area contributed by atoms with E-state index in [0.29, 0.717) is 30.3 Å². The first-order chi connectivity index (χ1) is 12.1. The van der Waals surface area contributed by atoms with Gasteiger partial charge in [-0.05, 0) is 37.8 Å². The quantitative estimate of drug-likeness (QED) is 0.570. The maximum absolute atomic E-state index is 12.2. The molecule has 7 heteroatoms. The van der Waals surface area contributed by atoms with Crippen LogP contribution < -0.4 is 21.3 Å². The summed E-state index contributed by atoms with van der Waals surface area (Å²) in [6.45, 7) is 2.13. The molecule has 0 aliphatic heterocycles. The summed E-state index contributed by atoms with van der Waals surface area (Å²) >= 11 is 0. The molecule has 1 aliphatic rings. The van der Waals surface area contributed by atoms with Gasteiger partial charge in [0.15, 0.2) is 0 Å². The zero-order chi connectivity index (χ0) is 18.1. The lowest BCUT2D eigenvalue weighted by Crippen LogP contribution is -2.41. The van der Waals surface area contributed by atoms with Crippen LogP contribution in [0.2, 0.25) is 0 Å². The first kappa shape index (κ1) is 18.5. The standard InChI is InChI=1S/C18H24N4O3/c1-2-19-18(25)22-17(24)12-20-14-9-5-6-10-15(14)21-16(23)11-13-7-3-4-8-13/h3,5-7,9-10,13,20H,2,4,8,11-12H2,1H3,(H,21,23)(H2,19,22,24,25)/t13-/m0/s1. The molecule has 2 rings (SSSR count). The lowest BCUT2D eigenvalue weighted by Gasteiger charge is -2.14. The Labute approximate surface area is 147 Å². The van der Waals surface area contributed by atoms with Crippen molar-refractivity contribution in [2.24, 2.45) is 5.92 Å². The lowest BCUT2D eigenvalue weighted by molar-refractivity contribution is -0.118. The maximum Gasteiger partial charge on any atom is 0.321 e. The molecule has 134 valence electrons. The summed E-state index contributed by atoms with van der Waals surface area (Å²) in [5.74, 6) is -0.219.